The Labute approximate surface area is 229 Å². The van der Waals surface area contributed by atoms with Crippen molar-refractivity contribution in [3.8, 4) is 0 Å². The number of rotatable bonds is 10. The van der Waals surface area contributed by atoms with Gasteiger partial charge in [0.25, 0.3) is 0 Å². The van der Waals surface area contributed by atoms with E-state index >= 15 is 0 Å². The zero-order valence-corrected chi connectivity index (χ0v) is 23.1. The Bertz CT molecular complexity index is 913. The molecule has 0 saturated carbocycles. The summed E-state index contributed by atoms with van der Waals surface area (Å²) < 4.78 is 7.50. The molecule has 6 heteroatoms. The molecule has 0 atom stereocenters. The van der Waals surface area contributed by atoms with Crippen molar-refractivity contribution in [2.24, 2.45) is 0 Å². The summed E-state index contributed by atoms with van der Waals surface area (Å²) in [5.41, 5.74) is 0. The van der Waals surface area contributed by atoms with E-state index in [1.807, 2.05) is 0 Å². The van der Waals surface area contributed by atoms with E-state index in [0.29, 0.717) is 0 Å². The van der Waals surface area contributed by atoms with Crippen molar-refractivity contribution < 1.29 is 25.6 Å². The van der Waals surface area contributed by atoms with E-state index in [1.54, 1.807) is 0 Å². The Morgan fingerprint density at radius 2 is 0.743 bits per heavy atom. The molecule has 4 rings (SSSR count). The molecule has 0 bridgehead atoms. The van der Waals surface area contributed by atoms with E-state index in [9.17, 15) is 0 Å². The summed E-state index contributed by atoms with van der Waals surface area (Å²) in [4.78, 5) is 0. The van der Waals surface area contributed by atoms with Gasteiger partial charge in [0, 0.05) is 1.43 Å². The zero-order chi connectivity index (χ0) is 23.1. The summed E-state index contributed by atoms with van der Waals surface area (Å²) in [5.74, 6) is 0. The van der Waals surface area contributed by atoms with Crippen LogP contribution in [0.1, 0.15) is 1.43 Å². The van der Waals surface area contributed by atoms with Crippen molar-refractivity contribution in [1.82, 2.24) is 5.32 Å². The van der Waals surface area contributed by atoms with Gasteiger partial charge >= 0.3 is 30.8 Å². The maximum atomic E-state index is 7.50. The van der Waals surface area contributed by atoms with Crippen LogP contribution < -0.4 is 26.5 Å². The molecule has 179 valence electrons. The minimum Gasteiger partial charge on any atom is -0.316 e. The second-order valence-corrected chi connectivity index (χ2v) is 12.1. The maximum Gasteiger partial charge on any atom is 1.00 e. The Balaban J connectivity index is 0.00000239. The molecule has 0 unspecified atom stereocenters. The third-order valence-corrected chi connectivity index (χ3v) is 10.3. The molecule has 0 aliphatic heterocycles. The van der Waals surface area contributed by atoms with Gasteiger partial charge < -0.3 is 13.7 Å². The molecule has 0 aliphatic carbocycles. The van der Waals surface area contributed by atoms with Gasteiger partial charge in [-0.2, -0.15) is 0 Å². The first-order chi connectivity index (χ1) is 16.4. The zero-order valence-electron chi connectivity index (χ0n) is 19.6. The van der Waals surface area contributed by atoms with E-state index in [4.69, 9.17) is 4.65 Å². The summed E-state index contributed by atoms with van der Waals surface area (Å²) in [5, 5.41) is 9.60. The maximum absolute atomic E-state index is 7.50. The summed E-state index contributed by atoms with van der Waals surface area (Å²) in [6.45, 7) is 6.59. The predicted octanol–water partition coefficient (Wildman–Crippen LogP) is 4.67. The van der Waals surface area contributed by atoms with Crippen molar-refractivity contribution in [1.29, 1.82) is 0 Å². The van der Waals surface area contributed by atoms with Gasteiger partial charge in [0.2, 0.25) is 0 Å². The van der Waals surface area contributed by atoms with E-state index in [2.05, 4.69) is 133 Å². The van der Waals surface area contributed by atoms with Crippen LogP contribution in [0.5, 0.6) is 0 Å². The molecule has 35 heavy (non-hydrogen) atoms. The van der Waals surface area contributed by atoms with Gasteiger partial charge in [-0.25, -0.2) is 0 Å². The van der Waals surface area contributed by atoms with E-state index in [1.165, 1.54) is 21.2 Å². The Morgan fingerprint density at radius 3 is 0.971 bits per heavy atom. The van der Waals surface area contributed by atoms with Gasteiger partial charge in [0.1, 0.15) is 0 Å². The third-order valence-electron chi connectivity index (χ3n) is 5.30. The fraction of sp³-hybridized carbons (Fsp3) is 0.138. The van der Waals surface area contributed by atoms with Crippen LogP contribution in [0.2, 0.25) is 0 Å². The van der Waals surface area contributed by atoms with E-state index in [-0.39, 0.29) is 45.2 Å². The average molecular weight is 583 g/mol. The SMILES string of the molecule is [B-].[C-]#[O+].[HH].[Ru+].c1ccc(P(CCNCCP(c2ccccc2)c2ccccc2)c2ccccc2)cc1. The monoisotopic (exact) mass is 584 g/mol. The fourth-order valence-corrected chi connectivity index (χ4v) is 8.27. The Hall–Kier alpha value is -1.87. The largest absolute Gasteiger partial charge is 1.00 e. The molecule has 2 nitrogen and oxygen atoms in total. The third kappa shape index (κ3) is 9.95. The molecule has 4 aromatic rings. The molecule has 0 aliphatic rings. The molecule has 0 fully saturated rings. The second-order valence-electron chi connectivity index (χ2n) is 7.40. The standard InChI is InChI=1S/C28H29NP2.CO.B.Ru.H2/c1-5-13-25(14-6-1)30(26-15-7-2-8-16-26)23-21-29-22-24-31(27-17-9-3-10-18-27)28-19-11-4-12-20-28;1-2;;;/h1-20,29H,21-24H2;;;;1H/q;;-1;+1;. The van der Waals surface area contributed by atoms with Gasteiger partial charge in [0.05, 0.1) is 0 Å². The van der Waals surface area contributed by atoms with E-state index < -0.39 is 0 Å². The van der Waals surface area contributed by atoms with Crippen molar-refractivity contribution in [3.63, 3.8) is 0 Å². The quantitative estimate of drug-likeness (QED) is 0.0952. The van der Waals surface area contributed by atoms with Crippen LogP contribution in [-0.4, -0.2) is 33.8 Å². The van der Waals surface area contributed by atoms with Gasteiger partial charge in [-0.3, -0.25) is 0 Å². The minimum atomic E-state index is -0.328. The summed E-state index contributed by atoms with van der Waals surface area (Å²) in [6, 6.07) is 44.0. The normalized spacial score (nSPS) is 9.94. The number of hydrogen-bond acceptors (Lipinski definition) is 1. The van der Waals surface area contributed by atoms with Crippen LogP contribution >= 0.6 is 15.8 Å². The van der Waals surface area contributed by atoms with Crippen LogP contribution in [0.15, 0.2) is 121 Å². The molecule has 0 saturated heterocycles. The number of benzene rings is 4. The van der Waals surface area contributed by atoms with Crippen molar-refractivity contribution in [3.05, 3.63) is 128 Å². The molecular weight excluding hydrogens is 552 g/mol. The minimum absolute atomic E-state index is 0. The van der Waals surface area contributed by atoms with Crippen molar-refractivity contribution in [2.75, 3.05) is 25.4 Å². The molecular formula is C29H31BNOP2Ru. The van der Waals surface area contributed by atoms with Gasteiger partial charge in [-0.05, 0) is 62.5 Å². The van der Waals surface area contributed by atoms with E-state index in [0.717, 1.165) is 25.4 Å². The Morgan fingerprint density at radius 1 is 0.514 bits per heavy atom. The molecule has 0 aromatic heterocycles. The van der Waals surface area contributed by atoms with Crippen molar-refractivity contribution in [2.45, 2.75) is 0 Å². The predicted molar refractivity (Wildman–Crippen MR) is 153 cm³/mol. The average Bonchev–Trinajstić information content (AvgIpc) is 2.91. The molecule has 1 N–H and O–H groups in total. The van der Waals surface area contributed by atoms with Crippen LogP contribution in [0.3, 0.4) is 0 Å². The molecule has 0 amide bonds. The number of nitrogens with one attached hydrogen (secondary N) is 1. The summed E-state index contributed by atoms with van der Waals surface area (Å²) in [6.07, 6.45) is 2.33. The van der Waals surface area contributed by atoms with Crippen LogP contribution in [0.25, 0.3) is 0 Å². The molecule has 5 radical (unpaired) electrons. The second kappa shape index (κ2) is 18.4. The summed E-state index contributed by atoms with van der Waals surface area (Å²) in [7, 11) is -0.655. The van der Waals surface area contributed by atoms with Gasteiger partial charge in [-0.15, -0.1) is 0 Å². The fourth-order valence-electron chi connectivity index (χ4n) is 3.75. The van der Waals surface area contributed by atoms with Crippen LogP contribution in [0, 0.1) is 6.65 Å². The topological polar surface area (TPSA) is 31.9 Å². The van der Waals surface area contributed by atoms with Crippen LogP contribution in [-0.2, 0) is 24.1 Å². The smallest absolute Gasteiger partial charge is 0.316 e. The van der Waals surface area contributed by atoms with Gasteiger partial charge in [-0.1, -0.05) is 121 Å². The molecule has 0 heterocycles. The Kier molecular flexibility index (Phi) is 16.4. The first-order valence-electron chi connectivity index (χ1n) is 11.1. The first-order valence-corrected chi connectivity index (χ1v) is 14.1. The van der Waals surface area contributed by atoms with Crippen LogP contribution in [0.4, 0.5) is 0 Å². The number of hydrogen-bond donors (Lipinski definition) is 1. The first kappa shape index (κ1) is 31.2. The molecule has 0 spiro atoms. The van der Waals surface area contributed by atoms with Crippen molar-refractivity contribution >= 4 is 45.5 Å². The summed E-state index contributed by atoms with van der Waals surface area (Å²) >= 11 is 0. The molecule has 4 aromatic carbocycles. The van der Waals surface area contributed by atoms with Gasteiger partial charge in [0.15, 0.2) is 0 Å².